The fourth-order valence-electron chi connectivity index (χ4n) is 2.68. The van der Waals surface area contributed by atoms with Crippen LogP contribution in [0.2, 0.25) is 0 Å². The first-order valence-electron chi connectivity index (χ1n) is 8.11. The second-order valence-electron chi connectivity index (χ2n) is 5.96. The summed E-state index contributed by atoms with van der Waals surface area (Å²) in [6.45, 7) is 6.22. The number of hydrogen-bond acceptors (Lipinski definition) is 7. The summed E-state index contributed by atoms with van der Waals surface area (Å²) in [5, 5.41) is 4.50. The first-order chi connectivity index (χ1) is 12.5. The molecule has 0 spiro atoms. The second kappa shape index (κ2) is 6.77. The van der Waals surface area contributed by atoms with E-state index in [0.29, 0.717) is 17.2 Å². The Bertz CT molecular complexity index is 1000. The van der Waals surface area contributed by atoms with Gasteiger partial charge < -0.3 is 14.8 Å². The van der Waals surface area contributed by atoms with Gasteiger partial charge in [0.05, 0.1) is 5.25 Å². The summed E-state index contributed by atoms with van der Waals surface area (Å²) < 4.78 is 10.6. The van der Waals surface area contributed by atoms with Crippen molar-refractivity contribution >= 4 is 44.9 Å². The van der Waals surface area contributed by atoms with Crippen molar-refractivity contribution in [3.8, 4) is 11.5 Å². The second-order valence-corrected chi connectivity index (χ2v) is 8.49. The lowest BCUT2D eigenvalue weighted by Gasteiger charge is -2.12. The first-order valence-corrected chi connectivity index (χ1v) is 9.80. The number of nitrogens with one attached hydrogen (secondary N) is 1. The Kier molecular flexibility index (Phi) is 4.46. The van der Waals surface area contributed by atoms with E-state index in [1.807, 2.05) is 6.92 Å². The van der Waals surface area contributed by atoms with Crippen LogP contribution in [0.1, 0.15) is 17.4 Å². The quantitative estimate of drug-likeness (QED) is 0.535. The largest absolute Gasteiger partial charge is 0.454 e. The lowest BCUT2D eigenvalue weighted by Crippen LogP contribution is -2.22. The number of benzene rings is 1. The monoisotopic (exact) mass is 387 g/mol. The van der Waals surface area contributed by atoms with Crippen molar-refractivity contribution in [1.82, 2.24) is 9.97 Å². The van der Waals surface area contributed by atoms with Crippen molar-refractivity contribution < 1.29 is 14.3 Å². The lowest BCUT2D eigenvalue weighted by molar-refractivity contribution is -0.115. The molecule has 4 rings (SSSR count). The summed E-state index contributed by atoms with van der Waals surface area (Å²) in [5.74, 6) is 1.24. The van der Waals surface area contributed by atoms with Crippen LogP contribution in [0.5, 0.6) is 11.5 Å². The number of fused-ring (bicyclic) bond motifs is 2. The molecule has 0 unspecified atom stereocenters. The highest BCUT2D eigenvalue weighted by atomic mass is 32.2. The number of aromatic nitrogens is 2. The van der Waals surface area contributed by atoms with Gasteiger partial charge in [-0.05, 0) is 38.5 Å². The van der Waals surface area contributed by atoms with Gasteiger partial charge in [-0.25, -0.2) is 9.97 Å². The van der Waals surface area contributed by atoms with Crippen molar-refractivity contribution in [3.63, 3.8) is 0 Å². The highest BCUT2D eigenvalue weighted by Crippen LogP contribution is 2.37. The first kappa shape index (κ1) is 17.1. The van der Waals surface area contributed by atoms with E-state index in [4.69, 9.17) is 9.47 Å². The van der Waals surface area contributed by atoms with E-state index in [-0.39, 0.29) is 18.0 Å². The number of nitrogens with zero attached hydrogens (tertiary/aromatic N) is 2. The number of thioether (sulfide) groups is 1. The molecule has 8 heteroatoms. The molecule has 3 aromatic rings. The third-order valence-corrected chi connectivity index (χ3v) is 6.44. The fraction of sp³-hybridized carbons (Fsp3) is 0.278. The highest BCUT2D eigenvalue weighted by molar-refractivity contribution is 8.00. The summed E-state index contributed by atoms with van der Waals surface area (Å²) in [7, 11) is 0. The number of hydrogen-bond donors (Lipinski definition) is 1. The van der Waals surface area contributed by atoms with Gasteiger partial charge in [-0.2, -0.15) is 0 Å². The minimum absolute atomic E-state index is 0.0924. The van der Waals surface area contributed by atoms with E-state index in [1.165, 1.54) is 22.2 Å². The predicted octanol–water partition coefficient (Wildman–Crippen LogP) is 4.16. The number of anilines is 1. The van der Waals surface area contributed by atoms with Gasteiger partial charge >= 0.3 is 0 Å². The molecule has 3 heterocycles. The van der Waals surface area contributed by atoms with Crippen LogP contribution in [0, 0.1) is 13.8 Å². The van der Waals surface area contributed by atoms with Crippen LogP contribution < -0.4 is 14.8 Å². The van der Waals surface area contributed by atoms with Crippen molar-refractivity contribution in [3.05, 3.63) is 35.0 Å². The average molecular weight is 387 g/mol. The molecular weight excluding hydrogens is 370 g/mol. The molecular formula is C18H17N3O3S2. The maximum Gasteiger partial charge on any atom is 0.237 e. The molecule has 1 atom stereocenters. The standard InChI is InChI=1S/C18H17N3O3S2/c1-9-10(2)25-17-15(9)18(20-7-19-17)26-11(3)16(22)21-12-4-5-13-14(6-12)24-8-23-13/h4-7,11H,8H2,1-3H3,(H,21,22)/t11-/m0/s1. The Morgan fingerprint density at radius 1 is 1.27 bits per heavy atom. The zero-order valence-electron chi connectivity index (χ0n) is 14.5. The van der Waals surface area contributed by atoms with Gasteiger partial charge in [-0.3, -0.25) is 4.79 Å². The van der Waals surface area contributed by atoms with Crippen LogP contribution in [-0.2, 0) is 4.79 Å². The zero-order valence-corrected chi connectivity index (χ0v) is 16.2. The van der Waals surface area contributed by atoms with E-state index in [1.54, 1.807) is 35.9 Å². The molecule has 1 amide bonds. The fourth-order valence-corrected chi connectivity index (χ4v) is 4.72. The summed E-state index contributed by atoms with van der Waals surface area (Å²) in [4.78, 5) is 23.5. The van der Waals surface area contributed by atoms with Crippen LogP contribution in [0.4, 0.5) is 5.69 Å². The number of carbonyl (C=O) groups is 1. The lowest BCUT2D eigenvalue weighted by atomic mass is 10.2. The molecule has 0 bridgehead atoms. The molecule has 0 aliphatic carbocycles. The molecule has 134 valence electrons. The van der Waals surface area contributed by atoms with Crippen LogP contribution in [0.25, 0.3) is 10.2 Å². The third kappa shape index (κ3) is 3.10. The number of ether oxygens (including phenoxy) is 2. The Balaban J connectivity index is 1.51. The van der Waals surface area contributed by atoms with Gasteiger partial charge in [0, 0.05) is 22.0 Å². The summed E-state index contributed by atoms with van der Waals surface area (Å²) in [5.41, 5.74) is 1.86. The predicted molar refractivity (Wildman–Crippen MR) is 103 cm³/mol. The number of amides is 1. The molecule has 6 nitrogen and oxygen atoms in total. The molecule has 1 N–H and O–H groups in total. The normalized spacial score (nSPS) is 13.8. The minimum Gasteiger partial charge on any atom is -0.454 e. The van der Waals surface area contributed by atoms with E-state index in [0.717, 1.165) is 15.2 Å². The van der Waals surface area contributed by atoms with Crippen molar-refractivity contribution in [2.24, 2.45) is 0 Å². The van der Waals surface area contributed by atoms with E-state index < -0.39 is 0 Å². The highest BCUT2D eigenvalue weighted by Gasteiger charge is 2.20. The van der Waals surface area contributed by atoms with Gasteiger partial charge in [-0.1, -0.05) is 11.8 Å². The van der Waals surface area contributed by atoms with Gasteiger partial charge in [0.25, 0.3) is 0 Å². The van der Waals surface area contributed by atoms with Gasteiger partial charge in [-0.15, -0.1) is 11.3 Å². The molecule has 1 aromatic carbocycles. The van der Waals surface area contributed by atoms with Gasteiger partial charge in [0.15, 0.2) is 11.5 Å². The van der Waals surface area contributed by atoms with Crippen LogP contribution in [-0.4, -0.2) is 27.9 Å². The van der Waals surface area contributed by atoms with Crippen LogP contribution in [0.3, 0.4) is 0 Å². The smallest absolute Gasteiger partial charge is 0.237 e. The average Bonchev–Trinajstić information content (AvgIpc) is 3.19. The molecule has 0 saturated carbocycles. The molecule has 2 aromatic heterocycles. The number of carbonyl (C=O) groups excluding carboxylic acids is 1. The van der Waals surface area contributed by atoms with E-state index >= 15 is 0 Å². The maximum atomic E-state index is 12.6. The maximum absolute atomic E-state index is 12.6. The van der Waals surface area contributed by atoms with Crippen molar-refractivity contribution in [2.45, 2.75) is 31.0 Å². The van der Waals surface area contributed by atoms with Crippen molar-refractivity contribution in [2.75, 3.05) is 12.1 Å². The molecule has 0 radical (unpaired) electrons. The molecule has 0 saturated heterocycles. The van der Waals surface area contributed by atoms with Crippen molar-refractivity contribution in [1.29, 1.82) is 0 Å². The van der Waals surface area contributed by atoms with Gasteiger partial charge in [0.2, 0.25) is 12.7 Å². The van der Waals surface area contributed by atoms with Crippen LogP contribution >= 0.6 is 23.1 Å². The topological polar surface area (TPSA) is 73.3 Å². The van der Waals surface area contributed by atoms with Crippen LogP contribution in [0.15, 0.2) is 29.6 Å². The summed E-state index contributed by atoms with van der Waals surface area (Å²) >= 11 is 3.09. The molecule has 1 aliphatic rings. The third-order valence-electron chi connectivity index (χ3n) is 4.23. The van der Waals surface area contributed by atoms with E-state index in [2.05, 4.69) is 29.1 Å². The van der Waals surface area contributed by atoms with Gasteiger partial charge in [0.1, 0.15) is 16.2 Å². The summed E-state index contributed by atoms with van der Waals surface area (Å²) in [6.07, 6.45) is 1.56. The molecule has 1 aliphatic heterocycles. The molecule has 26 heavy (non-hydrogen) atoms. The Morgan fingerprint density at radius 2 is 2.08 bits per heavy atom. The molecule has 0 fully saturated rings. The Morgan fingerprint density at radius 3 is 2.92 bits per heavy atom. The number of rotatable bonds is 4. The Labute approximate surface area is 158 Å². The Hall–Kier alpha value is -2.32. The summed E-state index contributed by atoms with van der Waals surface area (Å²) in [6, 6.07) is 5.37. The zero-order chi connectivity index (χ0) is 18.3. The number of aryl methyl sites for hydroxylation is 2. The minimum atomic E-state index is -0.307. The SMILES string of the molecule is Cc1sc2ncnc(S[C@@H](C)C(=O)Nc3ccc4c(c3)OCO4)c2c1C. The number of thiophene rings is 1. The van der Waals surface area contributed by atoms with E-state index in [9.17, 15) is 4.79 Å².